The fourth-order valence-corrected chi connectivity index (χ4v) is 2.83. The number of anilines is 1. The highest BCUT2D eigenvalue weighted by Crippen LogP contribution is 2.18. The summed E-state index contributed by atoms with van der Waals surface area (Å²) in [5.41, 5.74) is 2.06. The van der Waals surface area contributed by atoms with E-state index in [1.165, 1.54) is 0 Å². The maximum Gasteiger partial charge on any atom is 0.243 e. The van der Waals surface area contributed by atoms with Gasteiger partial charge in [-0.15, -0.1) is 0 Å². The molecule has 1 saturated heterocycles. The Balaban J connectivity index is 1.92. The Hall–Kier alpha value is -2.57. The van der Waals surface area contributed by atoms with Crippen LogP contribution in [0.5, 0.6) is 0 Å². The number of guanidine groups is 1. The average molecular weight is 373 g/mol. The number of nitrogens with zero attached hydrogens (tertiary/aromatic N) is 4. The highest BCUT2D eigenvalue weighted by atomic mass is 16.2. The molecule has 7 nitrogen and oxygen atoms in total. The molecule has 0 saturated carbocycles. The van der Waals surface area contributed by atoms with Crippen LogP contribution in [0.3, 0.4) is 0 Å². The summed E-state index contributed by atoms with van der Waals surface area (Å²) in [6, 6.07) is 6.45. The molecule has 1 amide bonds. The van der Waals surface area contributed by atoms with E-state index in [9.17, 15) is 4.79 Å². The van der Waals surface area contributed by atoms with Gasteiger partial charge in [0.15, 0.2) is 5.96 Å². The summed E-state index contributed by atoms with van der Waals surface area (Å²) in [6.45, 7) is 10.5. The molecule has 0 aliphatic carbocycles. The molecule has 27 heavy (non-hydrogen) atoms. The van der Waals surface area contributed by atoms with Crippen LogP contribution in [-0.4, -0.2) is 68.1 Å². The number of hydrogen-bond donors (Lipinski definition) is 2. The van der Waals surface area contributed by atoms with Crippen LogP contribution in [0.25, 0.3) is 0 Å². The van der Waals surface area contributed by atoms with Crippen LogP contribution in [0.15, 0.2) is 35.3 Å². The first-order chi connectivity index (χ1) is 12.8. The number of aryl methyl sites for hydroxylation is 1. The van der Waals surface area contributed by atoms with Crippen molar-refractivity contribution in [3.63, 3.8) is 0 Å². The van der Waals surface area contributed by atoms with Gasteiger partial charge in [-0.25, -0.2) is 9.98 Å². The highest BCUT2D eigenvalue weighted by molar-refractivity contribution is 5.85. The Morgan fingerprint density at radius 3 is 2.67 bits per heavy atom. The Labute approximate surface area is 162 Å². The second-order valence-electron chi connectivity index (χ2n) is 7.31. The Morgan fingerprint density at radius 2 is 2.07 bits per heavy atom. The maximum atomic E-state index is 11.8. The number of aromatic nitrogens is 1. The summed E-state index contributed by atoms with van der Waals surface area (Å²) in [7, 11) is 3.47. The number of likely N-dealkylation sites (N-methyl/N-ethyl adjacent to an activating group) is 1. The van der Waals surface area contributed by atoms with Crippen LogP contribution in [0.4, 0.5) is 5.82 Å². The molecule has 2 N–H and O–H groups in total. The Morgan fingerprint density at radius 1 is 1.37 bits per heavy atom. The minimum Gasteiger partial charge on any atom is -0.356 e. The zero-order valence-electron chi connectivity index (χ0n) is 17.0. The minimum atomic E-state index is -0.0215. The van der Waals surface area contributed by atoms with Crippen molar-refractivity contribution in [2.45, 2.75) is 32.7 Å². The molecule has 0 unspecified atom stereocenters. The van der Waals surface area contributed by atoms with Gasteiger partial charge in [-0.05, 0) is 38.8 Å². The molecule has 0 spiro atoms. The monoisotopic (exact) mass is 372 g/mol. The first kappa shape index (κ1) is 20.7. The predicted molar refractivity (Wildman–Crippen MR) is 111 cm³/mol. The largest absolute Gasteiger partial charge is 0.356 e. The second-order valence-corrected chi connectivity index (χ2v) is 7.31. The van der Waals surface area contributed by atoms with Crippen molar-refractivity contribution >= 4 is 17.7 Å². The third kappa shape index (κ3) is 6.92. The normalized spacial score (nSPS) is 15.4. The van der Waals surface area contributed by atoms with Crippen molar-refractivity contribution in [1.29, 1.82) is 0 Å². The standard InChI is InChI=1S/C20H32N6O/c1-15(2)13-21-20(22-14-19(27)25(4)5)24-17-9-11-26(12-10-17)18-8-6-7-16(3)23-18/h6-8,17H,1,9-14H2,2-5H3,(H2,21,22,24). The Kier molecular flexibility index (Phi) is 7.64. The summed E-state index contributed by atoms with van der Waals surface area (Å²) in [5, 5.41) is 6.72. The summed E-state index contributed by atoms with van der Waals surface area (Å²) in [5.74, 6) is 1.69. The van der Waals surface area contributed by atoms with Gasteiger partial charge in [0.05, 0.1) is 0 Å². The first-order valence-electron chi connectivity index (χ1n) is 9.43. The molecule has 148 valence electrons. The number of rotatable bonds is 6. The van der Waals surface area contributed by atoms with E-state index in [-0.39, 0.29) is 12.5 Å². The molecule has 0 radical (unpaired) electrons. The smallest absolute Gasteiger partial charge is 0.243 e. The maximum absolute atomic E-state index is 11.8. The lowest BCUT2D eigenvalue weighted by molar-refractivity contribution is -0.127. The van der Waals surface area contributed by atoms with E-state index in [1.807, 2.05) is 19.9 Å². The topological polar surface area (TPSA) is 72.9 Å². The fourth-order valence-electron chi connectivity index (χ4n) is 2.83. The van der Waals surface area contributed by atoms with Crippen LogP contribution in [0, 0.1) is 6.92 Å². The van der Waals surface area contributed by atoms with E-state index in [4.69, 9.17) is 0 Å². The third-order valence-electron chi connectivity index (χ3n) is 4.46. The molecular weight excluding hydrogens is 340 g/mol. The fraction of sp³-hybridized carbons (Fsp3) is 0.550. The molecule has 0 aromatic carbocycles. The first-order valence-corrected chi connectivity index (χ1v) is 9.43. The van der Waals surface area contributed by atoms with Crippen LogP contribution < -0.4 is 15.5 Å². The summed E-state index contributed by atoms with van der Waals surface area (Å²) in [4.78, 5) is 24.8. The van der Waals surface area contributed by atoms with Crippen molar-refractivity contribution in [2.75, 3.05) is 45.2 Å². The number of aliphatic imine (C=N–C) groups is 1. The predicted octanol–water partition coefficient (Wildman–Crippen LogP) is 1.56. The average Bonchev–Trinajstić information content (AvgIpc) is 2.64. The zero-order chi connectivity index (χ0) is 19.8. The van der Waals surface area contributed by atoms with Gasteiger partial charge >= 0.3 is 0 Å². The van der Waals surface area contributed by atoms with E-state index >= 15 is 0 Å². The van der Waals surface area contributed by atoms with Gasteiger partial charge in [-0.1, -0.05) is 18.2 Å². The molecule has 1 fully saturated rings. The lowest BCUT2D eigenvalue weighted by atomic mass is 10.1. The van der Waals surface area contributed by atoms with E-state index in [0.29, 0.717) is 18.5 Å². The summed E-state index contributed by atoms with van der Waals surface area (Å²) >= 11 is 0. The van der Waals surface area contributed by atoms with E-state index in [0.717, 1.165) is 43.0 Å². The molecule has 2 heterocycles. The van der Waals surface area contributed by atoms with Crippen LogP contribution in [0.2, 0.25) is 0 Å². The Bertz CT molecular complexity index is 677. The van der Waals surface area contributed by atoms with Gasteiger partial charge in [-0.2, -0.15) is 0 Å². The summed E-state index contributed by atoms with van der Waals surface area (Å²) in [6.07, 6.45) is 1.98. The van der Waals surface area contributed by atoms with Crippen molar-refractivity contribution in [3.05, 3.63) is 36.0 Å². The van der Waals surface area contributed by atoms with Gasteiger partial charge in [-0.3, -0.25) is 4.79 Å². The number of hydrogen-bond acceptors (Lipinski definition) is 4. The molecule has 0 bridgehead atoms. The number of piperidine rings is 1. The minimum absolute atomic E-state index is 0.0215. The van der Waals surface area contributed by atoms with Crippen molar-refractivity contribution < 1.29 is 4.79 Å². The molecule has 2 rings (SSSR count). The van der Waals surface area contributed by atoms with Crippen molar-refractivity contribution in [3.8, 4) is 0 Å². The molecule has 1 aliphatic rings. The van der Waals surface area contributed by atoms with Crippen LogP contribution in [-0.2, 0) is 4.79 Å². The zero-order valence-corrected chi connectivity index (χ0v) is 17.0. The highest BCUT2D eigenvalue weighted by Gasteiger charge is 2.21. The van der Waals surface area contributed by atoms with Gasteiger partial charge < -0.3 is 20.4 Å². The number of amides is 1. The molecule has 1 aliphatic heterocycles. The molecule has 1 aromatic heterocycles. The number of pyridine rings is 1. The third-order valence-corrected chi connectivity index (χ3v) is 4.46. The van der Waals surface area contributed by atoms with Crippen LogP contribution in [0.1, 0.15) is 25.5 Å². The van der Waals surface area contributed by atoms with Gasteiger partial charge in [0, 0.05) is 45.5 Å². The van der Waals surface area contributed by atoms with E-state index < -0.39 is 0 Å². The number of nitrogens with one attached hydrogen (secondary N) is 2. The lowest BCUT2D eigenvalue weighted by Crippen LogP contribution is -2.49. The van der Waals surface area contributed by atoms with E-state index in [2.05, 4.69) is 44.2 Å². The molecule has 0 atom stereocenters. The molecule has 7 heteroatoms. The van der Waals surface area contributed by atoms with Crippen molar-refractivity contribution in [2.24, 2.45) is 4.99 Å². The lowest BCUT2D eigenvalue weighted by Gasteiger charge is -2.34. The second kappa shape index (κ2) is 9.94. The van der Waals surface area contributed by atoms with Gasteiger partial charge in [0.2, 0.25) is 5.91 Å². The summed E-state index contributed by atoms with van der Waals surface area (Å²) < 4.78 is 0. The van der Waals surface area contributed by atoms with Gasteiger partial charge in [0.25, 0.3) is 0 Å². The van der Waals surface area contributed by atoms with Crippen LogP contribution >= 0.6 is 0 Å². The quantitative estimate of drug-likeness (QED) is 0.450. The van der Waals surface area contributed by atoms with Crippen molar-refractivity contribution in [1.82, 2.24) is 20.5 Å². The van der Waals surface area contributed by atoms with Gasteiger partial charge in [0.1, 0.15) is 12.4 Å². The molecular formula is C20H32N6O. The number of carbonyl (C=O) groups excluding carboxylic acids is 1. The van der Waals surface area contributed by atoms with E-state index in [1.54, 1.807) is 19.0 Å². The molecule has 1 aromatic rings. The number of carbonyl (C=O) groups is 1. The SMILES string of the molecule is C=C(C)CNC(=NCC(=O)N(C)C)NC1CCN(c2cccc(C)n2)CC1.